The van der Waals surface area contributed by atoms with Gasteiger partial charge >= 0.3 is 31.2 Å². The van der Waals surface area contributed by atoms with Gasteiger partial charge in [0.25, 0.3) is 17.3 Å². The van der Waals surface area contributed by atoms with E-state index in [1.165, 1.54) is 12.1 Å². The third-order valence-electron chi connectivity index (χ3n) is 13.0. The number of carboxylic acid groups (broad SMARTS) is 1. The van der Waals surface area contributed by atoms with Crippen LogP contribution in [-0.2, 0) is 53.8 Å². The fraction of sp³-hybridized carbons (Fsp3) is 0.407. The molecule has 19 nitrogen and oxygen atoms in total. The van der Waals surface area contributed by atoms with Crippen LogP contribution in [0.25, 0.3) is 21.9 Å². The largest absolute Gasteiger partial charge is 1.00 e. The standard InChI is InChI=1S/C27H27ClF3N3O6.C15H20F3N3O3.C12H9ClO4.Li/c28-17-1-10-25-16(13-17)14-21(40-25)7-9-24(35)26(36)32-11-12-39-20-5-2-18(3-6-20)33-19-4-8-23(34(37)38)22(15-19)27(29,30)31;16-15(17,18)13-9-11(3-6-14(13)21(22)23)20-10-1-4-12(5-2-10)24-8-7-19;13-8-1-4-11-7(5-8)6-9(17-11)2-3-10(14)12(15)16;/h1,4,8,10,13-15,18,20,33H,2-3,5-7,9,11-12H2,(H,32,36);3,6,9-10,12,20H,1-2,4-5,7-8,19H2;1,4-6H,2-3H2,(H,15,16);/q;;;+1/p-1. The zero-order valence-corrected chi connectivity index (χ0v) is 45.5. The Morgan fingerprint density at radius 3 is 1.41 bits per heavy atom. The number of anilines is 2. The van der Waals surface area contributed by atoms with Crippen LogP contribution in [-0.4, -0.2) is 83.9 Å². The Hall–Kier alpha value is -6.72. The van der Waals surface area contributed by atoms with Gasteiger partial charge in [-0.2, -0.15) is 26.3 Å². The first-order valence-electron chi connectivity index (χ1n) is 25.5. The normalized spacial score (nSPS) is 17.0. The summed E-state index contributed by atoms with van der Waals surface area (Å²) in [4.78, 5) is 65.0. The topological polar surface area (TPSA) is 284 Å². The van der Waals surface area contributed by atoms with Crippen molar-refractivity contribution in [2.24, 2.45) is 5.73 Å². The van der Waals surface area contributed by atoms with Crippen LogP contribution < -0.4 is 45.7 Å². The summed E-state index contributed by atoms with van der Waals surface area (Å²) in [6.07, 6.45) is -3.51. The molecule has 0 unspecified atom stereocenters. The van der Waals surface area contributed by atoms with Gasteiger partial charge in [0.05, 0.1) is 35.3 Å². The number of carbonyl (C=O) groups excluding carboxylic acids is 4. The van der Waals surface area contributed by atoms with E-state index in [4.69, 9.17) is 47.2 Å². The number of hydrogen-bond donors (Lipinski definition) is 4. The first kappa shape index (κ1) is 66.1. The number of nitrogens with two attached hydrogens (primary N) is 1. The minimum absolute atomic E-state index is 0. The average molecular weight is 1190 g/mol. The molecule has 2 aliphatic rings. The number of nitro benzene ring substituents is 2. The molecular formula is C54H55Cl2F6LiN6O13. The minimum Gasteiger partial charge on any atom is -0.542 e. The second-order valence-electron chi connectivity index (χ2n) is 18.9. The van der Waals surface area contributed by atoms with Crippen LogP contribution in [0.5, 0.6) is 0 Å². The van der Waals surface area contributed by atoms with Gasteiger partial charge in [-0.15, -0.1) is 0 Å². The number of hydrogen-bond acceptors (Lipinski definition) is 16. The van der Waals surface area contributed by atoms with Gasteiger partial charge in [0.2, 0.25) is 5.78 Å². The SMILES string of the molecule is NCCOC1CCC(Nc2ccc([N+](=O)[O-])c(C(F)(F)F)c2)CC1.O=C(CCc1cc2cc(Cl)ccc2o1)C(=O)NCCOC1CCC(Nc2ccc([N+](=O)[O-])c(C(F)(F)F)c2)CC1.O=C([O-])C(=O)CCc1cc2cc(Cl)ccc2o1.[Li+]. The Balaban J connectivity index is 0.000000248. The van der Waals surface area contributed by atoms with Crippen molar-refractivity contribution >= 4 is 91.3 Å². The molecule has 2 aliphatic carbocycles. The molecule has 5 N–H and O–H groups in total. The maximum absolute atomic E-state index is 13.2. The van der Waals surface area contributed by atoms with E-state index in [1.807, 2.05) is 0 Å². The molecule has 8 rings (SSSR count). The molecular weight excluding hydrogens is 1130 g/mol. The summed E-state index contributed by atoms with van der Waals surface area (Å²) in [6, 6.07) is 19.7. The van der Waals surface area contributed by atoms with Crippen LogP contribution in [0.3, 0.4) is 0 Å². The Kier molecular flexibility index (Phi) is 24.6. The van der Waals surface area contributed by atoms with Gasteiger partial charge in [-0.3, -0.25) is 34.6 Å². The average Bonchev–Trinajstić information content (AvgIpc) is 4.04. The van der Waals surface area contributed by atoms with Crippen LogP contribution in [0.15, 0.2) is 93.8 Å². The van der Waals surface area contributed by atoms with E-state index in [0.717, 1.165) is 60.7 Å². The number of carboxylic acids is 1. The van der Waals surface area contributed by atoms with Crippen molar-refractivity contribution in [2.45, 2.75) is 114 Å². The van der Waals surface area contributed by atoms with Crippen molar-refractivity contribution in [3.63, 3.8) is 0 Å². The second-order valence-corrected chi connectivity index (χ2v) is 19.8. The Morgan fingerprint density at radius 2 is 1.02 bits per heavy atom. The number of rotatable bonds is 21. The van der Waals surface area contributed by atoms with Gasteiger partial charge < -0.3 is 49.9 Å². The van der Waals surface area contributed by atoms with Gasteiger partial charge in [-0.05, 0) is 124 Å². The van der Waals surface area contributed by atoms with Crippen LogP contribution in [0.1, 0.15) is 86.9 Å². The molecule has 0 atom stereocenters. The molecule has 0 radical (unpaired) electrons. The van der Waals surface area contributed by atoms with Crippen molar-refractivity contribution in [3.05, 3.63) is 138 Å². The van der Waals surface area contributed by atoms with Crippen LogP contribution >= 0.6 is 23.2 Å². The summed E-state index contributed by atoms with van der Waals surface area (Å²) in [5.41, 5.74) is 2.64. The van der Waals surface area contributed by atoms with Gasteiger partial charge in [0, 0.05) is 95.2 Å². The van der Waals surface area contributed by atoms with Crippen LogP contribution in [0.2, 0.25) is 10.0 Å². The van der Waals surface area contributed by atoms with Crippen molar-refractivity contribution < 1.29 is 97.6 Å². The van der Waals surface area contributed by atoms with E-state index in [-0.39, 0.29) is 93.4 Å². The quantitative estimate of drug-likeness (QED) is 0.0134. The molecule has 2 aromatic heterocycles. The van der Waals surface area contributed by atoms with Crippen molar-refractivity contribution in [1.82, 2.24) is 5.32 Å². The molecule has 0 bridgehead atoms. The number of carbonyl (C=O) groups is 4. The maximum atomic E-state index is 13.2. The predicted molar refractivity (Wildman–Crippen MR) is 284 cm³/mol. The van der Waals surface area contributed by atoms with E-state index >= 15 is 0 Å². The number of ether oxygens (including phenoxy) is 2. The molecule has 0 aliphatic heterocycles. The number of alkyl halides is 6. The second kappa shape index (κ2) is 30.5. The van der Waals surface area contributed by atoms with Crippen molar-refractivity contribution in [1.29, 1.82) is 0 Å². The molecule has 1 amide bonds. The minimum atomic E-state index is -4.84. The third kappa shape index (κ3) is 20.0. The number of amides is 1. The smallest absolute Gasteiger partial charge is 0.542 e. The monoisotopic (exact) mass is 1190 g/mol. The van der Waals surface area contributed by atoms with Gasteiger partial charge in [0.1, 0.15) is 39.8 Å². The number of ketones is 2. The van der Waals surface area contributed by atoms with Gasteiger partial charge in [-0.25, -0.2) is 0 Å². The number of furan rings is 2. The molecule has 2 fully saturated rings. The summed E-state index contributed by atoms with van der Waals surface area (Å²) < 4.78 is 101. The summed E-state index contributed by atoms with van der Waals surface area (Å²) in [7, 11) is 0. The number of aryl methyl sites for hydroxylation is 2. The van der Waals surface area contributed by atoms with E-state index in [0.29, 0.717) is 71.6 Å². The first-order valence-corrected chi connectivity index (χ1v) is 26.2. The summed E-state index contributed by atoms with van der Waals surface area (Å²) in [5, 5.41) is 43.3. The molecule has 28 heteroatoms. The molecule has 2 heterocycles. The van der Waals surface area contributed by atoms with E-state index in [9.17, 15) is 70.9 Å². The zero-order valence-electron chi connectivity index (χ0n) is 44.0. The number of halogens is 8. The molecule has 436 valence electrons. The fourth-order valence-electron chi connectivity index (χ4n) is 9.04. The van der Waals surface area contributed by atoms with Crippen LogP contribution in [0, 0.1) is 20.2 Å². The molecule has 2 saturated carbocycles. The van der Waals surface area contributed by atoms with E-state index < -0.39 is 68.1 Å². The van der Waals surface area contributed by atoms with Crippen molar-refractivity contribution in [3.8, 4) is 0 Å². The number of nitro groups is 2. The summed E-state index contributed by atoms with van der Waals surface area (Å²) in [5.74, 6) is -2.72. The zero-order chi connectivity index (χ0) is 59.0. The summed E-state index contributed by atoms with van der Waals surface area (Å²) in [6.45, 7) is 1.33. The maximum Gasteiger partial charge on any atom is 1.00 e. The van der Waals surface area contributed by atoms with Gasteiger partial charge in [-0.1, -0.05) is 23.2 Å². The number of nitrogens with zero attached hydrogens (tertiary/aromatic N) is 2. The number of nitrogens with one attached hydrogen (secondary N) is 3. The Labute approximate surface area is 486 Å². The Bertz CT molecular complexity index is 3180. The molecule has 82 heavy (non-hydrogen) atoms. The first-order chi connectivity index (χ1) is 38.4. The third-order valence-corrected chi connectivity index (χ3v) is 13.5. The number of fused-ring (bicyclic) bond motifs is 2. The van der Waals surface area contributed by atoms with E-state index in [2.05, 4.69) is 16.0 Å². The number of Topliss-reactive ketones (excluding diaryl/α,β-unsaturated/α-hetero) is 2. The summed E-state index contributed by atoms with van der Waals surface area (Å²) >= 11 is 11.8. The fourth-order valence-corrected chi connectivity index (χ4v) is 9.40. The van der Waals surface area contributed by atoms with E-state index in [1.54, 1.807) is 48.5 Å². The molecule has 0 spiro atoms. The number of aliphatic carboxylic acids is 1. The Morgan fingerprint density at radius 1 is 0.610 bits per heavy atom. The van der Waals surface area contributed by atoms with Gasteiger partial charge in [0.15, 0.2) is 5.78 Å². The molecule has 6 aromatic rings. The van der Waals surface area contributed by atoms with Crippen molar-refractivity contribution in [2.75, 3.05) is 36.9 Å². The predicted octanol–water partition coefficient (Wildman–Crippen LogP) is 7.72. The number of benzene rings is 4. The molecule has 0 saturated heterocycles. The molecule has 4 aromatic carbocycles. The van der Waals surface area contributed by atoms with Crippen LogP contribution in [0.4, 0.5) is 49.1 Å².